The fraction of sp³-hybridized carbons (Fsp3) is 0.133. The van der Waals surface area contributed by atoms with Gasteiger partial charge in [0.2, 0.25) is 11.8 Å². The van der Waals surface area contributed by atoms with Gasteiger partial charge in [-0.05, 0) is 19.1 Å². The fourth-order valence-corrected chi connectivity index (χ4v) is 2.15. The van der Waals surface area contributed by atoms with Gasteiger partial charge in [-0.1, -0.05) is 18.2 Å². The number of rotatable bonds is 2. The molecular weight excluding hydrogens is 286 g/mol. The molecule has 7 nitrogen and oxygen atoms in total. The zero-order valence-corrected chi connectivity index (χ0v) is 12.0. The van der Waals surface area contributed by atoms with E-state index in [1.807, 2.05) is 30.3 Å². The SMILES string of the molecule is Cc1nc(-c2ccccc2)oc1-c1c(O)n(C)c(=O)[nH]c1=O. The maximum atomic E-state index is 12.0. The predicted molar refractivity (Wildman–Crippen MR) is 79.6 cm³/mol. The molecule has 0 spiro atoms. The lowest BCUT2D eigenvalue weighted by Crippen LogP contribution is -2.29. The number of aromatic hydroxyl groups is 1. The van der Waals surface area contributed by atoms with Crippen molar-refractivity contribution in [2.75, 3.05) is 0 Å². The van der Waals surface area contributed by atoms with Gasteiger partial charge in [-0.2, -0.15) is 0 Å². The lowest BCUT2D eigenvalue weighted by Gasteiger charge is -2.05. The van der Waals surface area contributed by atoms with Crippen molar-refractivity contribution in [2.24, 2.45) is 7.05 Å². The summed E-state index contributed by atoms with van der Waals surface area (Å²) < 4.78 is 6.57. The van der Waals surface area contributed by atoms with Gasteiger partial charge in [0.1, 0.15) is 5.56 Å². The Morgan fingerprint density at radius 2 is 1.91 bits per heavy atom. The molecule has 0 saturated carbocycles. The molecule has 3 rings (SSSR count). The van der Waals surface area contributed by atoms with Gasteiger partial charge in [-0.25, -0.2) is 9.78 Å². The van der Waals surface area contributed by atoms with Crippen molar-refractivity contribution in [1.29, 1.82) is 0 Å². The van der Waals surface area contributed by atoms with Crippen molar-refractivity contribution in [2.45, 2.75) is 6.92 Å². The standard InChI is InChI=1S/C15H13N3O4/c1-8-11(10-12(19)17-15(21)18(2)14(10)20)22-13(16-8)9-6-4-3-5-7-9/h3-7,20H,1-2H3,(H,17,19,21). The van der Waals surface area contributed by atoms with Crippen LogP contribution in [0.5, 0.6) is 5.88 Å². The van der Waals surface area contributed by atoms with Crippen LogP contribution >= 0.6 is 0 Å². The number of H-pyrrole nitrogens is 1. The molecule has 0 radical (unpaired) electrons. The second-order valence-corrected chi connectivity index (χ2v) is 4.82. The van der Waals surface area contributed by atoms with Crippen molar-refractivity contribution in [1.82, 2.24) is 14.5 Å². The predicted octanol–water partition coefficient (Wildman–Crippen LogP) is 1.41. The maximum absolute atomic E-state index is 12.0. The smallest absolute Gasteiger partial charge is 0.330 e. The minimum absolute atomic E-state index is 0.116. The molecule has 7 heteroatoms. The largest absolute Gasteiger partial charge is 0.494 e. The van der Waals surface area contributed by atoms with Crippen LogP contribution in [0, 0.1) is 6.92 Å². The summed E-state index contributed by atoms with van der Waals surface area (Å²) >= 11 is 0. The molecule has 0 amide bonds. The molecule has 0 unspecified atom stereocenters. The highest BCUT2D eigenvalue weighted by molar-refractivity contribution is 5.66. The number of benzene rings is 1. The molecule has 2 heterocycles. The van der Waals surface area contributed by atoms with Gasteiger partial charge in [0.05, 0.1) is 5.69 Å². The van der Waals surface area contributed by atoms with E-state index in [1.54, 1.807) is 6.92 Å². The van der Waals surface area contributed by atoms with Gasteiger partial charge < -0.3 is 9.52 Å². The molecule has 0 saturated heterocycles. The first-order chi connectivity index (χ1) is 10.5. The minimum Gasteiger partial charge on any atom is -0.494 e. The Bertz CT molecular complexity index is 951. The van der Waals surface area contributed by atoms with Gasteiger partial charge in [-0.3, -0.25) is 14.3 Å². The number of aryl methyl sites for hydroxylation is 1. The highest BCUT2D eigenvalue weighted by Crippen LogP contribution is 2.31. The molecule has 0 atom stereocenters. The summed E-state index contributed by atoms with van der Waals surface area (Å²) in [7, 11) is 1.35. The molecular formula is C15H13N3O4. The number of hydrogen-bond donors (Lipinski definition) is 2. The minimum atomic E-state index is -0.723. The number of aromatic amines is 1. The second-order valence-electron chi connectivity index (χ2n) is 4.82. The van der Waals surface area contributed by atoms with E-state index in [-0.39, 0.29) is 11.3 Å². The topological polar surface area (TPSA) is 101 Å². The van der Waals surface area contributed by atoms with E-state index in [1.165, 1.54) is 7.05 Å². The van der Waals surface area contributed by atoms with Crippen LogP contribution in [-0.2, 0) is 7.05 Å². The van der Waals surface area contributed by atoms with E-state index in [2.05, 4.69) is 9.97 Å². The summed E-state index contributed by atoms with van der Waals surface area (Å²) in [5.74, 6) is 0.00145. The van der Waals surface area contributed by atoms with Crippen LogP contribution in [0.1, 0.15) is 5.69 Å². The Kier molecular flexibility index (Phi) is 3.17. The van der Waals surface area contributed by atoms with Gasteiger partial charge in [0.15, 0.2) is 5.76 Å². The second kappa shape index (κ2) is 5.03. The first kappa shape index (κ1) is 13.9. The highest BCUT2D eigenvalue weighted by atomic mass is 16.4. The van der Waals surface area contributed by atoms with Gasteiger partial charge in [-0.15, -0.1) is 0 Å². The number of nitrogens with zero attached hydrogens (tertiary/aromatic N) is 2. The van der Waals surface area contributed by atoms with Gasteiger partial charge in [0.25, 0.3) is 5.56 Å². The van der Waals surface area contributed by atoms with Crippen LogP contribution in [0.25, 0.3) is 22.8 Å². The number of oxazole rings is 1. The Hall–Kier alpha value is -3.09. The summed E-state index contributed by atoms with van der Waals surface area (Å²) in [5.41, 5.74) is -0.351. The number of aromatic nitrogens is 3. The lowest BCUT2D eigenvalue weighted by atomic mass is 10.2. The van der Waals surface area contributed by atoms with Crippen LogP contribution < -0.4 is 11.2 Å². The third-order valence-corrected chi connectivity index (χ3v) is 3.34. The molecule has 112 valence electrons. The molecule has 0 fully saturated rings. The first-order valence-corrected chi connectivity index (χ1v) is 6.54. The zero-order chi connectivity index (χ0) is 15.9. The van der Waals surface area contributed by atoms with E-state index in [4.69, 9.17) is 4.42 Å². The third kappa shape index (κ3) is 2.12. The average Bonchev–Trinajstić information content (AvgIpc) is 2.88. The Morgan fingerprint density at radius 1 is 1.23 bits per heavy atom. The third-order valence-electron chi connectivity index (χ3n) is 3.34. The van der Waals surface area contributed by atoms with Crippen LogP contribution in [0.4, 0.5) is 0 Å². The van der Waals surface area contributed by atoms with E-state index in [9.17, 15) is 14.7 Å². The summed E-state index contributed by atoms with van der Waals surface area (Å²) in [6.07, 6.45) is 0. The molecule has 1 aromatic carbocycles. The van der Waals surface area contributed by atoms with Crippen molar-refractivity contribution < 1.29 is 9.52 Å². The van der Waals surface area contributed by atoms with Crippen molar-refractivity contribution >= 4 is 0 Å². The monoisotopic (exact) mass is 299 g/mol. The molecule has 0 aliphatic rings. The molecule has 22 heavy (non-hydrogen) atoms. The van der Waals surface area contributed by atoms with Crippen LogP contribution in [0.2, 0.25) is 0 Å². The normalized spacial score (nSPS) is 10.8. The van der Waals surface area contributed by atoms with Crippen LogP contribution in [0.15, 0.2) is 44.3 Å². The van der Waals surface area contributed by atoms with E-state index in [0.717, 1.165) is 10.1 Å². The quantitative estimate of drug-likeness (QED) is 0.745. The Labute approximate surface area is 124 Å². The van der Waals surface area contributed by atoms with Crippen LogP contribution in [0.3, 0.4) is 0 Å². The number of hydrogen-bond acceptors (Lipinski definition) is 5. The van der Waals surface area contributed by atoms with Gasteiger partial charge in [0, 0.05) is 12.6 Å². The molecule has 2 N–H and O–H groups in total. The first-order valence-electron chi connectivity index (χ1n) is 6.54. The van der Waals surface area contributed by atoms with Crippen molar-refractivity contribution in [3.05, 3.63) is 56.9 Å². The molecule has 0 bridgehead atoms. The fourth-order valence-electron chi connectivity index (χ4n) is 2.15. The van der Waals surface area contributed by atoms with E-state index < -0.39 is 17.1 Å². The molecule has 0 aliphatic heterocycles. The van der Waals surface area contributed by atoms with Crippen LogP contribution in [-0.4, -0.2) is 19.6 Å². The summed E-state index contributed by atoms with van der Waals surface area (Å²) in [6, 6.07) is 9.18. The Morgan fingerprint density at radius 3 is 2.59 bits per heavy atom. The zero-order valence-electron chi connectivity index (χ0n) is 12.0. The summed E-state index contributed by atoms with van der Waals surface area (Å²) in [4.78, 5) is 29.9. The average molecular weight is 299 g/mol. The van der Waals surface area contributed by atoms with Crippen molar-refractivity contribution in [3.8, 4) is 28.7 Å². The highest BCUT2D eigenvalue weighted by Gasteiger charge is 2.21. The molecule has 3 aromatic rings. The van der Waals surface area contributed by atoms with E-state index >= 15 is 0 Å². The van der Waals surface area contributed by atoms with Gasteiger partial charge >= 0.3 is 5.69 Å². The summed E-state index contributed by atoms with van der Waals surface area (Å²) in [6.45, 7) is 1.66. The number of nitrogens with one attached hydrogen (secondary N) is 1. The van der Waals surface area contributed by atoms with E-state index in [0.29, 0.717) is 11.6 Å². The molecule has 2 aromatic heterocycles. The van der Waals surface area contributed by atoms with Crippen molar-refractivity contribution in [3.63, 3.8) is 0 Å². The Balaban J connectivity index is 2.24. The summed E-state index contributed by atoms with van der Waals surface area (Å²) in [5, 5.41) is 10.1. The maximum Gasteiger partial charge on any atom is 0.330 e. The lowest BCUT2D eigenvalue weighted by molar-refractivity contribution is 0.418. The molecule has 0 aliphatic carbocycles.